The molecule has 1 aromatic carbocycles. The molecule has 0 saturated heterocycles. The van der Waals surface area contributed by atoms with Gasteiger partial charge in [-0.1, -0.05) is 0 Å². The second kappa shape index (κ2) is 5.37. The third-order valence-corrected chi connectivity index (χ3v) is 3.79. The van der Waals surface area contributed by atoms with Crippen LogP contribution in [-0.2, 0) is 6.54 Å². The molecule has 2 heterocycles. The number of amides is 1. The van der Waals surface area contributed by atoms with Crippen LogP contribution in [0, 0.1) is 13.8 Å². The van der Waals surface area contributed by atoms with E-state index in [-0.39, 0.29) is 11.7 Å². The number of nitrogens with one attached hydrogen (secondary N) is 1. The van der Waals surface area contributed by atoms with Gasteiger partial charge in [0.2, 0.25) is 0 Å². The number of carbonyl (C=O) groups excluding carboxylic acids is 1. The van der Waals surface area contributed by atoms with Gasteiger partial charge in [0.25, 0.3) is 5.91 Å². The normalized spacial score (nSPS) is 11.0. The number of hydrogen-bond acceptors (Lipinski definition) is 4. The molecule has 0 aliphatic heterocycles. The fourth-order valence-electron chi connectivity index (χ4n) is 2.11. The summed E-state index contributed by atoms with van der Waals surface area (Å²) in [7, 11) is 0. The van der Waals surface area contributed by atoms with Crippen LogP contribution < -0.4 is 5.32 Å². The molecule has 5 nitrogen and oxygen atoms in total. The zero-order valence-corrected chi connectivity index (χ0v) is 13.2. The Morgan fingerprint density at radius 3 is 2.86 bits per heavy atom. The standard InChI is InChI=1S/C15H13BrN2O3/c1-8-3-10-5-13(21-14(10)11(16)4-8)15(19)17-6-12-9(2)20-7-18-12/h3-5,7H,6H2,1-2H3,(H,17,19). The van der Waals surface area contributed by atoms with Gasteiger partial charge in [0.1, 0.15) is 17.0 Å². The van der Waals surface area contributed by atoms with E-state index in [1.807, 2.05) is 19.1 Å². The highest BCUT2D eigenvalue weighted by Crippen LogP contribution is 2.28. The van der Waals surface area contributed by atoms with E-state index >= 15 is 0 Å². The van der Waals surface area contributed by atoms with Crippen molar-refractivity contribution >= 4 is 32.8 Å². The summed E-state index contributed by atoms with van der Waals surface area (Å²) in [5.41, 5.74) is 2.47. The number of carbonyl (C=O) groups is 1. The van der Waals surface area contributed by atoms with Gasteiger partial charge in [-0.15, -0.1) is 0 Å². The van der Waals surface area contributed by atoms with E-state index in [0.717, 1.165) is 15.4 Å². The molecule has 3 rings (SSSR count). The van der Waals surface area contributed by atoms with E-state index in [2.05, 4.69) is 26.2 Å². The zero-order chi connectivity index (χ0) is 15.0. The summed E-state index contributed by atoms with van der Waals surface area (Å²) >= 11 is 3.44. The van der Waals surface area contributed by atoms with Crippen molar-refractivity contribution < 1.29 is 13.6 Å². The molecule has 0 spiro atoms. The minimum Gasteiger partial charge on any atom is -0.450 e. The molecular weight excluding hydrogens is 336 g/mol. The van der Waals surface area contributed by atoms with Crippen LogP contribution >= 0.6 is 15.9 Å². The molecule has 0 unspecified atom stereocenters. The number of aryl methyl sites for hydroxylation is 2. The van der Waals surface area contributed by atoms with Crippen LogP contribution in [0.3, 0.4) is 0 Å². The Labute approximate surface area is 129 Å². The summed E-state index contributed by atoms with van der Waals surface area (Å²) in [6.45, 7) is 4.10. The average Bonchev–Trinajstić information content (AvgIpc) is 3.02. The quantitative estimate of drug-likeness (QED) is 0.782. The average molecular weight is 349 g/mol. The van der Waals surface area contributed by atoms with Gasteiger partial charge in [-0.3, -0.25) is 4.79 Å². The topological polar surface area (TPSA) is 68.3 Å². The summed E-state index contributed by atoms with van der Waals surface area (Å²) in [6, 6.07) is 5.66. The lowest BCUT2D eigenvalue weighted by atomic mass is 10.2. The molecule has 1 amide bonds. The summed E-state index contributed by atoms with van der Waals surface area (Å²) < 4.78 is 11.5. The molecule has 108 valence electrons. The number of aromatic nitrogens is 1. The molecule has 0 aliphatic rings. The third kappa shape index (κ3) is 2.71. The molecule has 0 saturated carbocycles. The van der Waals surface area contributed by atoms with Crippen molar-refractivity contribution in [2.75, 3.05) is 0 Å². The van der Waals surface area contributed by atoms with E-state index < -0.39 is 0 Å². The first-order valence-electron chi connectivity index (χ1n) is 6.41. The zero-order valence-electron chi connectivity index (χ0n) is 11.6. The van der Waals surface area contributed by atoms with E-state index in [1.54, 1.807) is 13.0 Å². The van der Waals surface area contributed by atoms with Crippen LogP contribution in [0.2, 0.25) is 0 Å². The SMILES string of the molecule is Cc1cc(Br)c2oc(C(=O)NCc3ncoc3C)cc2c1. The monoisotopic (exact) mass is 348 g/mol. The van der Waals surface area contributed by atoms with Crippen molar-refractivity contribution in [1.29, 1.82) is 0 Å². The first-order valence-corrected chi connectivity index (χ1v) is 7.21. The molecule has 0 bridgehead atoms. The van der Waals surface area contributed by atoms with Crippen molar-refractivity contribution in [3.63, 3.8) is 0 Å². The molecule has 0 aliphatic carbocycles. The number of hydrogen-bond donors (Lipinski definition) is 1. The summed E-state index contributed by atoms with van der Waals surface area (Å²) in [6.07, 6.45) is 1.36. The number of oxazole rings is 1. The van der Waals surface area contributed by atoms with E-state index in [4.69, 9.17) is 8.83 Å². The van der Waals surface area contributed by atoms with Gasteiger partial charge in [-0.05, 0) is 53.5 Å². The Bertz CT molecular complexity index is 820. The van der Waals surface area contributed by atoms with E-state index in [9.17, 15) is 4.79 Å². The molecular formula is C15H13BrN2O3. The predicted octanol–water partition coefficient (Wildman–Crippen LogP) is 3.73. The van der Waals surface area contributed by atoms with Gasteiger partial charge in [0, 0.05) is 5.39 Å². The van der Waals surface area contributed by atoms with Crippen molar-refractivity contribution in [3.8, 4) is 0 Å². The number of nitrogens with zero attached hydrogens (tertiary/aromatic N) is 1. The van der Waals surface area contributed by atoms with Gasteiger partial charge >= 0.3 is 0 Å². The third-order valence-electron chi connectivity index (χ3n) is 3.20. The van der Waals surface area contributed by atoms with Crippen molar-refractivity contribution in [2.24, 2.45) is 0 Å². The largest absolute Gasteiger partial charge is 0.450 e. The number of halogens is 1. The molecule has 1 N–H and O–H groups in total. The van der Waals surface area contributed by atoms with Crippen LogP contribution in [0.1, 0.15) is 27.6 Å². The Kier molecular flexibility index (Phi) is 3.55. The lowest BCUT2D eigenvalue weighted by Gasteiger charge is -2.00. The maximum atomic E-state index is 12.1. The Morgan fingerprint density at radius 1 is 1.33 bits per heavy atom. The number of rotatable bonds is 3. The van der Waals surface area contributed by atoms with Crippen molar-refractivity contribution in [1.82, 2.24) is 10.3 Å². The fourth-order valence-corrected chi connectivity index (χ4v) is 2.78. The first-order chi connectivity index (χ1) is 10.0. The lowest BCUT2D eigenvalue weighted by Crippen LogP contribution is -2.22. The smallest absolute Gasteiger partial charge is 0.287 e. The Morgan fingerprint density at radius 2 is 2.14 bits per heavy atom. The number of furan rings is 1. The molecule has 21 heavy (non-hydrogen) atoms. The number of fused-ring (bicyclic) bond motifs is 1. The highest BCUT2D eigenvalue weighted by Gasteiger charge is 2.15. The number of benzene rings is 1. The Hall–Kier alpha value is -2.08. The minimum atomic E-state index is -0.279. The summed E-state index contributed by atoms with van der Waals surface area (Å²) in [5, 5.41) is 3.66. The van der Waals surface area contributed by atoms with Crippen LogP contribution in [0.25, 0.3) is 11.0 Å². The highest BCUT2D eigenvalue weighted by atomic mass is 79.9. The van der Waals surface area contributed by atoms with Gasteiger partial charge in [0.05, 0.1) is 11.0 Å². The highest BCUT2D eigenvalue weighted by molar-refractivity contribution is 9.10. The molecule has 0 radical (unpaired) electrons. The predicted molar refractivity (Wildman–Crippen MR) is 81.1 cm³/mol. The van der Waals surface area contributed by atoms with Gasteiger partial charge < -0.3 is 14.2 Å². The lowest BCUT2D eigenvalue weighted by molar-refractivity contribution is 0.0925. The summed E-state index contributed by atoms with van der Waals surface area (Å²) in [4.78, 5) is 16.2. The molecule has 0 atom stereocenters. The van der Waals surface area contributed by atoms with E-state index in [0.29, 0.717) is 23.6 Å². The van der Waals surface area contributed by atoms with Crippen LogP contribution in [0.4, 0.5) is 0 Å². The van der Waals surface area contributed by atoms with Crippen LogP contribution in [0.15, 0.2) is 37.9 Å². The van der Waals surface area contributed by atoms with Crippen LogP contribution in [-0.4, -0.2) is 10.9 Å². The molecule has 3 aromatic rings. The molecule has 2 aromatic heterocycles. The second-order valence-electron chi connectivity index (χ2n) is 4.81. The van der Waals surface area contributed by atoms with Gasteiger partial charge in [0.15, 0.2) is 12.2 Å². The van der Waals surface area contributed by atoms with E-state index in [1.165, 1.54) is 6.39 Å². The first kappa shape index (κ1) is 13.9. The molecule has 6 heteroatoms. The Balaban J connectivity index is 1.82. The fraction of sp³-hybridized carbons (Fsp3) is 0.200. The van der Waals surface area contributed by atoms with Crippen LogP contribution in [0.5, 0.6) is 0 Å². The molecule has 0 fully saturated rings. The maximum absolute atomic E-state index is 12.1. The van der Waals surface area contributed by atoms with Gasteiger partial charge in [-0.25, -0.2) is 4.98 Å². The second-order valence-corrected chi connectivity index (χ2v) is 5.67. The van der Waals surface area contributed by atoms with Crippen molar-refractivity contribution in [2.45, 2.75) is 20.4 Å². The van der Waals surface area contributed by atoms with Crippen molar-refractivity contribution in [3.05, 3.63) is 51.8 Å². The van der Waals surface area contributed by atoms with Gasteiger partial charge in [-0.2, -0.15) is 0 Å². The summed E-state index contributed by atoms with van der Waals surface area (Å²) in [5.74, 6) is 0.689. The minimum absolute atomic E-state index is 0.275. The maximum Gasteiger partial charge on any atom is 0.287 e.